The number of imidazole rings is 3. The van der Waals surface area contributed by atoms with Crippen LogP contribution in [0.4, 0.5) is 22.1 Å². The number of ether oxygens (including phenoxy) is 4. The van der Waals surface area contributed by atoms with Gasteiger partial charge in [0.15, 0.2) is 41.4 Å². The normalized spacial score (nSPS) is 29.1. The van der Waals surface area contributed by atoms with Crippen LogP contribution in [0.1, 0.15) is 25.1 Å². The fourth-order valence-corrected chi connectivity index (χ4v) is 15.7. The molecule has 3 aliphatic heterocycles. The quantitative estimate of drug-likeness (QED) is 0.0202. The number of alkyl halides is 1. The van der Waals surface area contributed by atoms with E-state index in [1.807, 2.05) is 0 Å². The summed E-state index contributed by atoms with van der Waals surface area (Å²) in [7, 11) is -25.5. The van der Waals surface area contributed by atoms with Crippen molar-refractivity contribution in [1.82, 2.24) is 58.3 Å². The predicted octanol–water partition coefficient (Wildman–Crippen LogP) is -4.11. The SMILES string of the molecule is CO[C@@H]1[C@H](P(=O)(O)OC[C@H]2O[C@@H](n3cnc4c(=O)[nH]c(N)nc43)[C@H](O)[C@@H]2O)[C@@H](COP(=O)(O)OP(=O)(O)OP(=O)(O)OC[C@H]2O[C@@H]([n+]3cn(C)c4c(=O)[nH]c(N)nc43)[C@H](O)[C@@H]2CNS(=O)(=O)CCCF)O[C@H]1n1cnc2c(N)ncnc21. The third-order valence-electron chi connectivity index (χ3n) is 13.0. The molecule has 16 atom stereocenters. The number of nitrogens with one attached hydrogen (secondary N) is 3. The molecule has 6 aromatic rings. The molecule has 16 N–H and O–H groups in total. The zero-order chi connectivity index (χ0) is 59.6. The number of fused-ring (bicyclic) bond motifs is 3. The molecular weight excluding hydrogens is 1220 g/mol. The molecule has 3 aliphatic rings. The van der Waals surface area contributed by atoms with E-state index >= 15 is 0 Å². The number of hydrogen-bond acceptors (Lipinski definition) is 29. The highest BCUT2D eigenvalue weighted by Crippen LogP contribution is 2.68. The highest BCUT2D eigenvalue weighted by atomic mass is 32.2. The van der Waals surface area contributed by atoms with Gasteiger partial charge in [-0.3, -0.25) is 51.3 Å². The molecule has 0 spiro atoms. The molecule has 0 aromatic carbocycles. The highest BCUT2D eigenvalue weighted by Gasteiger charge is 2.58. The zero-order valence-corrected chi connectivity index (χ0v) is 46.4. The van der Waals surface area contributed by atoms with Gasteiger partial charge in [0, 0.05) is 19.6 Å². The molecule has 3 saturated heterocycles. The number of aliphatic hydroxyl groups is 3. The van der Waals surface area contributed by atoms with Crippen LogP contribution in [0.2, 0.25) is 0 Å². The zero-order valence-electron chi connectivity index (χ0n) is 42.0. The number of nitrogens with zero attached hydrogens (tertiary/aromatic N) is 10. The first-order chi connectivity index (χ1) is 38.4. The van der Waals surface area contributed by atoms with Crippen LogP contribution in [0.15, 0.2) is 34.9 Å². The Hall–Kier alpha value is -5.23. The number of rotatable bonds is 24. The number of anilines is 3. The van der Waals surface area contributed by atoms with Gasteiger partial charge in [-0.25, -0.2) is 51.3 Å². The standard InChI is InChI=1S/C36H51FN16O24P4S/c1-50-13-53(29-20(50)31(58)49-36(40)47-29)32-21(54)14(6-45-82(67,68)5-3-4-37)15(73-32)7-71-79(61,62)76-81(65,66)77-80(63,64)72-9-17-25(24(69-2)34(75-17)51-11-43-18-26(38)41-10-42-27(18)51)78(59,60)70-8-16-22(55)23(56)33(74-16)52-12-44-19-28(52)46-35(39)48-30(19)57/h10-17,21-25,32-34,45,54-56H,3-9H2,1-2H3,(H11-,38,39,40,41,42,46,47,48,49,57,58,59,60,61,62,63,64,65,66)/p+1/t14-,15-,16-,17-,21-,22-,23-,24-,25-,32-,33-,34-/m1/s1. The number of hydrogen-bond donors (Lipinski definition) is 13. The van der Waals surface area contributed by atoms with Crippen molar-refractivity contribution in [2.45, 2.75) is 73.5 Å². The number of aromatic nitrogens is 12. The topological polar surface area (TPSA) is 579 Å². The Balaban J connectivity index is 0.897. The molecule has 82 heavy (non-hydrogen) atoms. The van der Waals surface area contributed by atoms with Crippen molar-refractivity contribution in [3.05, 3.63) is 46.0 Å². The molecule has 9 rings (SSSR count). The van der Waals surface area contributed by atoms with Gasteiger partial charge in [-0.2, -0.15) is 13.6 Å². The Morgan fingerprint density at radius 1 is 0.768 bits per heavy atom. The van der Waals surface area contributed by atoms with E-state index in [0.717, 1.165) is 39.8 Å². The van der Waals surface area contributed by atoms with Gasteiger partial charge in [-0.1, -0.05) is 4.98 Å². The lowest BCUT2D eigenvalue weighted by atomic mass is 9.98. The number of nitrogen functional groups attached to an aromatic ring is 3. The molecule has 0 aliphatic carbocycles. The predicted molar refractivity (Wildman–Crippen MR) is 268 cm³/mol. The van der Waals surface area contributed by atoms with E-state index in [0.29, 0.717) is 0 Å². The molecule has 46 heteroatoms. The van der Waals surface area contributed by atoms with Crippen molar-refractivity contribution in [3.63, 3.8) is 0 Å². The molecule has 9 heterocycles. The number of phosphoric acid groups is 3. The lowest BCUT2D eigenvalue weighted by Crippen LogP contribution is -2.46. The number of methoxy groups -OCH3 is 1. The van der Waals surface area contributed by atoms with E-state index in [4.69, 9.17) is 49.7 Å². The summed E-state index contributed by atoms with van der Waals surface area (Å²) in [5.74, 6) is -2.93. The van der Waals surface area contributed by atoms with Gasteiger partial charge in [-0.05, 0) is 6.42 Å². The average molecular weight is 1270 g/mol. The average Bonchev–Trinajstić information content (AvgIpc) is 4.39. The maximum atomic E-state index is 14.5. The summed E-state index contributed by atoms with van der Waals surface area (Å²) in [6, 6.07) is 0. The lowest BCUT2D eigenvalue weighted by molar-refractivity contribution is -0.745. The van der Waals surface area contributed by atoms with E-state index < -0.39 is 170 Å². The maximum absolute atomic E-state index is 14.5. The van der Waals surface area contributed by atoms with Crippen LogP contribution in [0.25, 0.3) is 33.5 Å². The number of sulfonamides is 1. The smallest absolute Gasteiger partial charge is 0.387 e. The first-order valence-corrected chi connectivity index (χ1v) is 31.4. The van der Waals surface area contributed by atoms with Crippen LogP contribution in [0, 0.1) is 5.92 Å². The van der Waals surface area contributed by atoms with Crippen LogP contribution in [-0.4, -0.2) is 191 Å². The molecule has 0 amide bonds. The first-order valence-electron chi connectivity index (χ1n) is 23.6. The number of halogens is 1. The number of aryl methyl sites for hydroxylation is 1. The number of aliphatic hydroxyl groups excluding tert-OH is 3. The Morgan fingerprint density at radius 3 is 2.05 bits per heavy atom. The highest BCUT2D eigenvalue weighted by molar-refractivity contribution is 7.89. The summed E-state index contributed by atoms with van der Waals surface area (Å²) in [4.78, 5) is 97.4. The van der Waals surface area contributed by atoms with Gasteiger partial charge in [0.25, 0.3) is 17.1 Å². The van der Waals surface area contributed by atoms with Crippen molar-refractivity contribution >= 4 is 92.3 Å². The molecule has 6 aromatic heterocycles. The third-order valence-corrected chi connectivity index (χ3v) is 20.6. The lowest BCUT2D eigenvalue weighted by Gasteiger charge is -2.28. The molecule has 40 nitrogen and oxygen atoms in total. The van der Waals surface area contributed by atoms with Crippen LogP contribution in [-0.2, 0) is 76.5 Å². The molecular formula is C36H52FN16O24P4S+. The Labute approximate surface area is 456 Å². The summed E-state index contributed by atoms with van der Waals surface area (Å²) >= 11 is 0. The summed E-state index contributed by atoms with van der Waals surface area (Å²) in [5, 5.41) is 33.5. The number of H-pyrrole nitrogens is 2. The molecule has 4 unspecified atom stereocenters. The van der Waals surface area contributed by atoms with E-state index in [9.17, 15) is 75.6 Å². The summed E-state index contributed by atoms with van der Waals surface area (Å²) in [6.45, 7) is -5.22. The van der Waals surface area contributed by atoms with Crippen molar-refractivity contribution in [1.29, 1.82) is 0 Å². The van der Waals surface area contributed by atoms with Gasteiger partial charge < -0.3 is 75.6 Å². The van der Waals surface area contributed by atoms with Crippen LogP contribution in [0.3, 0.4) is 0 Å². The second-order valence-electron chi connectivity index (χ2n) is 18.4. The molecule has 0 radical (unpaired) electrons. The third kappa shape index (κ3) is 12.6. The molecule has 3 fully saturated rings. The summed E-state index contributed by atoms with van der Waals surface area (Å²) < 4.78 is 146. The monoisotopic (exact) mass is 1270 g/mol. The fourth-order valence-electron chi connectivity index (χ4n) is 9.37. The van der Waals surface area contributed by atoms with Gasteiger partial charge in [0.1, 0.15) is 54.1 Å². The number of phosphoric ester groups is 2. The minimum atomic E-state index is -6.32. The van der Waals surface area contributed by atoms with E-state index in [1.54, 1.807) is 0 Å². The molecule has 452 valence electrons. The minimum absolute atomic E-state index is 0.0139. The number of nitrogens with two attached hydrogens (primary N) is 3. The van der Waals surface area contributed by atoms with Crippen molar-refractivity contribution in [3.8, 4) is 0 Å². The van der Waals surface area contributed by atoms with Crippen LogP contribution in [0.5, 0.6) is 0 Å². The van der Waals surface area contributed by atoms with Gasteiger partial charge in [0.05, 0.1) is 58.1 Å². The van der Waals surface area contributed by atoms with Crippen LogP contribution < -0.4 is 37.6 Å². The van der Waals surface area contributed by atoms with Crippen molar-refractivity contribution in [2.24, 2.45) is 13.0 Å². The minimum Gasteiger partial charge on any atom is -0.387 e. The molecule has 0 bridgehead atoms. The van der Waals surface area contributed by atoms with Gasteiger partial charge in [-0.15, -0.1) is 0 Å². The van der Waals surface area contributed by atoms with E-state index in [1.165, 1.54) is 17.9 Å². The Morgan fingerprint density at radius 2 is 1.38 bits per heavy atom. The fraction of sp³-hybridized carbons (Fsp3) is 0.583. The number of aromatic amines is 2. The summed E-state index contributed by atoms with van der Waals surface area (Å²) in [5.41, 5.74) is 13.3. The second kappa shape index (κ2) is 23.3. The van der Waals surface area contributed by atoms with E-state index in [2.05, 4.69) is 53.2 Å². The second-order valence-corrected chi connectivity index (χ2v) is 26.9. The largest absolute Gasteiger partial charge is 0.490 e. The van der Waals surface area contributed by atoms with Crippen molar-refractivity contribution in [2.75, 3.05) is 63.1 Å². The van der Waals surface area contributed by atoms with Crippen LogP contribution >= 0.6 is 31.1 Å². The van der Waals surface area contributed by atoms with Gasteiger partial charge in [0.2, 0.25) is 27.7 Å². The maximum Gasteiger partial charge on any atom is 0.490 e. The molecule has 0 saturated carbocycles. The Kier molecular flexibility index (Phi) is 17.4. The first kappa shape index (κ1) is 61.3. The van der Waals surface area contributed by atoms with E-state index in [-0.39, 0.29) is 51.2 Å². The van der Waals surface area contributed by atoms with Gasteiger partial charge >= 0.3 is 36.7 Å². The Bertz CT molecular complexity index is 3820. The summed E-state index contributed by atoms with van der Waals surface area (Å²) in [6.07, 6.45) is -12.9. The van der Waals surface area contributed by atoms with Crippen molar-refractivity contribution < 1.29 is 112 Å².